The van der Waals surface area contributed by atoms with Crippen LogP contribution in [0.5, 0.6) is 0 Å². The van der Waals surface area contributed by atoms with Crippen LogP contribution in [0.1, 0.15) is 22.0 Å². The van der Waals surface area contributed by atoms with Crippen LogP contribution in [-0.4, -0.2) is 5.78 Å². The molecule has 0 aliphatic rings. The van der Waals surface area contributed by atoms with Crippen molar-refractivity contribution in [3.05, 3.63) is 71.5 Å². The van der Waals surface area contributed by atoms with Crippen LogP contribution in [-0.2, 0) is 0 Å². The average molecular weight is 229 g/mol. The third kappa shape index (κ3) is 2.40. The van der Waals surface area contributed by atoms with Gasteiger partial charge in [0.25, 0.3) is 0 Å². The van der Waals surface area contributed by atoms with E-state index in [1.54, 1.807) is 36.4 Å². The zero-order chi connectivity index (χ0) is 12.3. The van der Waals surface area contributed by atoms with Gasteiger partial charge in [-0.25, -0.2) is 4.39 Å². The van der Waals surface area contributed by atoms with Gasteiger partial charge in [-0.1, -0.05) is 42.5 Å². The Hall–Kier alpha value is -2.00. The van der Waals surface area contributed by atoms with Crippen molar-refractivity contribution in [1.82, 2.24) is 0 Å². The maximum absolute atomic E-state index is 13.4. The van der Waals surface area contributed by atoms with Gasteiger partial charge in [0.05, 0.1) is 11.6 Å². The zero-order valence-electron chi connectivity index (χ0n) is 9.14. The summed E-state index contributed by atoms with van der Waals surface area (Å²) in [5, 5.41) is 0. The summed E-state index contributed by atoms with van der Waals surface area (Å²) in [5.74, 6) is -0.946. The summed E-state index contributed by atoms with van der Waals surface area (Å²) in [7, 11) is 0. The second kappa shape index (κ2) is 4.89. The maximum Gasteiger partial charge on any atom is 0.186 e. The molecule has 2 aromatic rings. The Morgan fingerprint density at radius 3 is 2.24 bits per heavy atom. The minimum atomic E-state index is -0.826. The molecule has 2 N–H and O–H groups in total. The second-order valence-electron chi connectivity index (χ2n) is 3.73. The first-order chi connectivity index (χ1) is 8.20. The van der Waals surface area contributed by atoms with Crippen molar-refractivity contribution in [2.75, 3.05) is 0 Å². The van der Waals surface area contributed by atoms with Crippen LogP contribution in [0.15, 0.2) is 54.6 Å². The summed E-state index contributed by atoms with van der Waals surface area (Å²) in [6.07, 6.45) is 0. The standard InChI is InChI=1S/C14H12FNO/c15-12-9-5-4-8-11(12)14(17)13(16)10-6-2-1-3-7-10/h1-9,13H,16H2/t13-/m1/s1. The largest absolute Gasteiger partial charge is 0.318 e. The van der Waals surface area contributed by atoms with Gasteiger partial charge in [-0.05, 0) is 17.7 Å². The highest BCUT2D eigenvalue weighted by atomic mass is 19.1. The molecule has 0 aromatic heterocycles. The van der Waals surface area contributed by atoms with Crippen LogP contribution in [0.25, 0.3) is 0 Å². The van der Waals surface area contributed by atoms with Crippen molar-refractivity contribution in [3.8, 4) is 0 Å². The Balaban J connectivity index is 2.30. The minimum Gasteiger partial charge on any atom is -0.318 e. The Morgan fingerprint density at radius 2 is 1.59 bits per heavy atom. The summed E-state index contributed by atoms with van der Waals surface area (Å²) in [6.45, 7) is 0. The first-order valence-corrected chi connectivity index (χ1v) is 5.29. The number of ketones is 1. The molecule has 2 nitrogen and oxygen atoms in total. The van der Waals surface area contributed by atoms with Crippen LogP contribution in [0.3, 0.4) is 0 Å². The van der Waals surface area contributed by atoms with Crippen LogP contribution in [0.2, 0.25) is 0 Å². The monoisotopic (exact) mass is 229 g/mol. The number of nitrogens with two attached hydrogens (primary N) is 1. The van der Waals surface area contributed by atoms with Gasteiger partial charge in [0.2, 0.25) is 0 Å². The molecular formula is C14H12FNO. The number of Topliss-reactive ketones (excluding diaryl/α,β-unsaturated/α-hetero) is 1. The summed E-state index contributed by atoms with van der Waals surface area (Å²) in [4.78, 5) is 12.0. The molecule has 0 unspecified atom stereocenters. The van der Waals surface area contributed by atoms with Gasteiger partial charge < -0.3 is 5.73 Å². The quantitative estimate of drug-likeness (QED) is 0.822. The van der Waals surface area contributed by atoms with E-state index < -0.39 is 17.6 Å². The molecular weight excluding hydrogens is 217 g/mol. The molecule has 0 aliphatic heterocycles. The number of hydrogen-bond donors (Lipinski definition) is 1. The third-order valence-corrected chi connectivity index (χ3v) is 2.58. The maximum atomic E-state index is 13.4. The van der Waals surface area contributed by atoms with Crippen LogP contribution >= 0.6 is 0 Å². The molecule has 86 valence electrons. The number of carbonyl (C=O) groups excluding carboxylic acids is 1. The first kappa shape index (κ1) is 11.5. The summed E-state index contributed by atoms with van der Waals surface area (Å²) >= 11 is 0. The predicted molar refractivity (Wildman–Crippen MR) is 64.1 cm³/mol. The molecule has 1 atom stereocenters. The highest BCUT2D eigenvalue weighted by molar-refractivity contribution is 6.00. The van der Waals surface area contributed by atoms with Gasteiger partial charge in [0.15, 0.2) is 5.78 Å². The van der Waals surface area contributed by atoms with E-state index in [2.05, 4.69) is 0 Å². The second-order valence-corrected chi connectivity index (χ2v) is 3.73. The van der Waals surface area contributed by atoms with E-state index in [4.69, 9.17) is 5.73 Å². The van der Waals surface area contributed by atoms with Gasteiger partial charge in [-0.15, -0.1) is 0 Å². The Bertz CT molecular complexity index is 525. The smallest absolute Gasteiger partial charge is 0.186 e. The fraction of sp³-hybridized carbons (Fsp3) is 0.0714. The molecule has 0 aliphatic carbocycles. The summed E-state index contributed by atoms with van der Waals surface area (Å²) < 4.78 is 13.4. The molecule has 0 fully saturated rings. The van der Waals surface area contributed by atoms with Crippen molar-refractivity contribution in [1.29, 1.82) is 0 Å². The topological polar surface area (TPSA) is 43.1 Å². The molecule has 0 heterocycles. The molecule has 0 saturated carbocycles. The van der Waals surface area contributed by atoms with E-state index in [9.17, 15) is 9.18 Å². The van der Waals surface area contributed by atoms with Crippen molar-refractivity contribution < 1.29 is 9.18 Å². The fourth-order valence-electron chi connectivity index (χ4n) is 1.64. The molecule has 17 heavy (non-hydrogen) atoms. The Labute approximate surface area is 98.9 Å². The lowest BCUT2D eigenvalue weighted by atomic mass is 9.98. The van der Waals surface area contributed by atoms with E-state index >= 15 is 0 Å². The zero-order valence-corrected chi connectivity index (χ0v) is 9.14. The highest BCUT2D eigenvalue weighted by Gasteiger charge is 2.19. The van der Waals surface area contributed by atoms with Gasteiger partial charge in [-0.3, -0.25) is 4.79 Å². The molecule has 0 amide bonds. The van der Waals surface area contributed by atoms with Crippen LogP contribution in [0, 0.1) is 5.82 Å². The molecule has 0 saturated heterocycles. The van der Waals surface area contributed by atoms with Crippen molar-refractivity contribution in [3.63, 3.8) is 0 Å². The number of hydrogen-bond acceptors (Lipinski definition) is 2. The predicted octanol–water partition coefficient (Wildman–Crippen LogP) is 2.71. The lowest BCUT2D eigenvalue weighted by Crippen LogP contribution is -2.22. The lowest BCUT2D eigenvalue weighted by molar-refractivity contribution is 0.0957. The molecule has 3 heteroatoms. The normalized spacial score (nSPS) is 12.1. The average Bonchev–Trinajstić information content (AvgIpc) is 2.39. The lowest BCUT2D eigenvalue weighted by Gasteiger charge is -2.11. The molecule has 0 spiro atoms. The van der Waals surface area contributed by atoms with E-state index in [1.807, 2.05) is 6.07 Å². The molecule has 0 radical (unpaired) electrons. The molecule has 2 aromatic carbocycles. The van der Waals surface area contributed by atoms with E-state index in [-0.39, 0.29) is 5.56 Å². The fourth-order valence-corrected chi connectivity index (χ4v) is 1.64. The summed E-state index contributed by atoms with van der Waals surface area (Å²) in [6, 6.07) is 14.0. The number of rotatable bonds is 3. The molecule has 0 bridgehead atoms. The van der Waals surface area contributed by atoms with Gasteiger partial charge in [0, 0.05) is 0 Å². The van der Waals surface area contributed by atoms with Crippen LogP contribution < -0.4 is 5.73 Å². The van der Waals surface area contributed by atoms with Crippen molar-refractivity contribution >= 4 is 5.78 Å². The minimum absolute atomic E-state index is 0.0313. The van der Waals surface area contributed by atoms with E-state index in [0.717, 1.165) is 0 Å². The van der Waals surface area contributed by atoms with E-state index in [1.165, 1.54) is 12.1 Å². The van der Waals surface area contributed by atoms with Gasteiger partial charge in [-0.2, -0.15) is 0 Å². The Morgan fingerprint density at radius 1 is 1.00 bits per heavy atom. The third-order valence-electron chi connectivity index (χ3n) is 2.58. The summed E-state index contributed by atoms with van der Waals surface area (Å²) in [5.41, 5.74) is 6.54. The van der Waals surface area contributed by atoms with Crippen LogP contribution in [0.4, 0.5) is 4.39 Å². The number of carbonyl (C=O) groups is 1. The van der Waals surface area contributed by atoms with Gasteiger partial charge in [0.1, 0.15) is 5.82 Å². The SMILES string of the molecule is N[C@@H](C(=O)c1ccccc1F)c1ccccc1. The number of halogens is 1. The van der Waals surface area contributed by atoms with Crippen molar-refractivity contribution in [2.24, 2.45) is 5.73 Å². The van der Waals surface area contributed by atoms with E-state index in [0.29, 0.717) is 5.56 Å². The first-order valence-electron chi connectivity index (χ1n) is 5.29. The van der Waals surface area contributed by atoms with Crippen molar-refractivity contribution in [2.45, 2.75) is 6.04 Å². The Kier molecular flexibility index (Phi) is 3.30. The molecule has 2 rings (SSSR count). The van der Waals surface area contributed by atoms with Gasteiger partial charge >= 0.3 is 0 Å². The highest BCUT2D eigenvalue weighted by Crippen LogP contribution is 2.17. The number of benzene rings is 2.